The van der Waals surface area contributed by atoms with Crippen molar-refractivity contribution in [2.75, 3.05) is 12.4 Å². The molecule has 8 heteroatoms. The maximum absolute atomic E-state index is 12.6. The highest BCUT2D eigenvalue weighted by Crippen LogP contribution is 2.28. The summed E-state index contributed by atoms with van der Waals surface area (Å²) in [5.74, 6) is 0.281. The fourth-order valence-electron chi connectivity index (χ4n) is 2.64. The second kappa shape index (κ2) is 7.47. The number of aryl methyl sites for hydroxylation is 3. The molecule has 0 aliphatic heterocycles. The summed E-state index contributed by atoms with van der Waals surface area (Å²) in [5, 5.41) is 3.89. The molecule has 3 aromatic rings. The molecule has 0 saturated carbocycles. The van der Waals surface area contributed by atoms with Crippen LogP contribution in [-0.4, -0.2) is 22.6 Å². The Hall–Kier alpha value is -2.38. The SMILES string of the molecule is COc1ccc(Cl)cc1NC(=O)CCn1cnc2sc(C)c(C)c2c1=O. The molecule has 1 N–H and O–H groups in total. The standard InChI is InChI=1S/C18H18ClN3O3S/c1-10-11(2)26-17-16(10)18(24)22(9-20-17)7-6-15(23)21-13-8-12(19)4-5-14(13)25-3/h4-5,8-9H,6-7H2,1-3H3,(H,21,23). The summed E-state index contributed by atoms with van der Waals surface area (Å²) < 4.78 is 6.68. The molecule has 0 fully saturated rings. The zero-order chi connectivity index (χ0) is 18.8. The molecular weight excluding hydrogens is 374 g/mol. The number of nitrogens with zero attached hydrogens (tertiary/aromatic N) is 2. The first-order chi connectivity index (χ1) is 12.4. The van der Waals surface area contributed by atoms with Gasteiger partial charge in [0.2, 0.25) is 5.91 Å². The van der Waals surface area contributed by atoms with E-state index in [4.69, 9.17) is 16.3 Å². The lowest BCUT2D eigenvalue weighted by atomic mass is 10.2. The lowest BCUT2D eigenvalue weighted by Gasteiger charge is -2.11. The van der Waals surface area contributed by atoms with Gasteiger partial charge in [0.15, 0.2) is 0 Å². The molecule has 136 valence electrons. The van der Waals surface area contributed by atoms with Crippen LogP contribution < -0.4 is 15.6 Å². The van der Waals surface area contributed by atoms with Crippen LogP contribution in [0.2, 0.25) is 5.02 Å². The van der Waals surface area contributed by atoms with Gasteiger partial charge in [-0.15, -0.1) is 11.3 Å². The van der Waals surface area contributed by atoms with Crippen molar-refractivity contribution in [2.45, 2.75) is 26.8 Å². The normalized spacial score (nSPS) is 10.9. The molecule has 0 aliphatic carbocycles. The first-order valence-electron chi connectivity index (χ1n) is 7.99. The fourth-order valence-corrected chi connectivity index (χ4v) is 3.80. The number of anilines is 1. The van der Waals surface area contributed by atoms with Crippen LogP contribution in [0.5, 0.6) is 5.75 Å². The van der Waals surface area contributed by atoms with Crippen LogP contribution in [-0.2, 0) is 11.3 Å². The fraction of sp³-hybridized carbons (Fsp3) is 0.278. The summed E-state index contributed by atoms with van der Waals surface area (Å²) in [6.45, 7) is 4.13. The zero-order valence-electron chi connectivity index (χ0n) is 14.6. The summed E-state index contributed by atoms with van der Waals surface area (Å²) in [6.07, 6.45) is 1.62. The number of fused-ring (bicyclic) bond motifs is 1. The van der Waals surface area contributed by atoms with Crippen LogP contribution in [0.15, 0.2) is 29.3 Å². The van der Waals surface area contributed by atoms with E-state index in [0.717, 1.165) is 15.3 Å². The first kappa shape index (κ1) is 18.4. The molecule has 3 rings (SSSR count). The predicted molar refractivity (Wildman–Crippen MR) is 105 cm³/mol. The molecule has 0 aliphatic rings. The number of ether oxygens (including phenoxy) is 1. The van der Waals surface area contributed by atoms with Crippen molar-refractivity contribution in [2.24, 2.45) is 0 Å². The van der Waals surface area contributed by atoms with Gasteiger partial charge in [-0.1, -0.05) is 11.6 Å². The lowest BCUT2D eigenvalue weighted by molar-refractivity contribution is -0.116. The number of thiophene rings is 1. The lowest BCUT2D eigenvalue weighted by Crippen LogP contribution is -2.23. The van der Waals surface area contributed by atoms with Crippen LogP contribution in [0.1, 0.15) is 16.9 Å². The van der Waals surface area contributed by atoms with Gasteiger partial charge in [-0.2, -0.15) is 0 Å². The van der Waals surface area contributed by atoms with Crippen LogP contribution >= 0.6 is 22.9 Å². The highest BCUT2D eigenvalue weighted by atomic mass is 35.5. The summed E-state index contributed by atoms with van der Waals surface area (Å²) in [4.78, 5) is 31.1. The molecule has 26 heavy (non-hydrogen) atoms. The molecule has 0 unspecified atom stereocenters. The number of methoxy groups -OCH3 is 1. The van der Waals surface area contributed by atoms with Crippen LogP contribution in [0.4, 0.5) is 5.69 Å². The first-order valence-corrected chi connectivity index (χ1v) is 9.18. The number of carbonyl (C=O) groups is 1. The molecule has 0 radical (unpaired) electrons. The van der Waals surface area contributed by atoms with Gasteiger partial charge < -0.3 is 10.1 Å². The molecule has 2 heterocycles. The van der Waals surface area contributed by atoms with E-state index in [-0.39, 0.29) is 24.4 Å². The number of carbonyl (C=O) groups excluding carboxylic acids is 1. The van der Waals surface area contributed by atoms with Crippen LogP contribution in [0.3, 0.4) is 0 Å². The smallest absolute Gasteiger partial charge is 0.262 e. The Balaban J connectivity index is 1.75. The van der Waals surface area contributed by atoms with E-state index in [1.807, 2.05) is 13.8 Å². The molecule has 0 bridgehead atoms. The summed E-state index contributed by atoms with van der Waals surface area (Å²) in [6, 6.07) is 4.99. The van der Waals surface area contributed by atoms with Gasteiger partial charge >= 0.3 is 0 Å². The van der Waals surface area contributed by atoms with Gasteiger partial charge in [0.1, 0.15) is 10.6 Å². The Kier molecular flexibility index (Phi) is 5.29. The number of rotatable bonds is 5. The van der Waals surface area contributed by atoms with Gasteiger partial charge in [-0.05, 0) is 37.6 Å². The van der Waals surface area contributed by atoms with Crippen molar-refractivity contribution in [3.8, 4) is 5.75 Å². The minimum atomic E-state index is -0.240. The van der Waals surface area contributed by atoms with E-state index < -0.39 is 0 Å². The van der Waals surface area contributed by atoms with E-state index in [1.54, 1.807) is 18.2 Å². The molecule has 1 aromatic carbocycles. The van der Waals surface area contributed by atoms with Crippen molar-refractivity contribution in [3.05, 3.63) is 50.3 Å². The number of halogens is 1. The number of amides is 1. The molecule has 0 saturated heterocycles. The number of benzene rings is 1. The highest BCUT2D eigenvalue weighted by molar-refractivity contribution is 7.18. The minimum Gasteiger partial charge on any atom is -0.495 e. The number of nitrogens with one attached hydrogen (secondary N) is 1. The van der Waals surface area contributed by atoms with Gasteiger partial charge in [-0.25, -0.2) is 4.98 Å². The van der Waals surface area contributed by atoms with Gasteiger partial charge in [-0.3, -0.25) is 14.2 Å². The van der Waals surface area contributed by atoms with E-state index in [0.29, 0.717) is 21.8 Å². The maximum Gasteiger partial charge on any atom is 0.262 e. The Morgan fingerprint density at radius 3 is 2.88 bits per heavy atom. The zero-order valence-corrected chi connectivity index (χ0v) is 16.2. The van der Waals surface area contributed by atoms with E-state index in [2.05, 4.69) is 10.3 Å². The van der Waals surface area contributed by atoms with Crippen LogP contribution in [0.25, 0.3) is 10.2 Å². The Labute approximate surface area is 159 Å². The number of aromatic nitrogens is 2. The Morgan fingerprint density at radius 2 is 2.15 bits per heavy atom. The van der Waals surface area contributed by atoms with Crippen molar-refractivity contribution in [1.82, 2.24) is 9.55 Å². The third-order valence-electron chi connectivity index (χ3n) is 4.17. The van der Waals surface area contributed by atoms with E-state index in [1.165, 1.54) is 29.3 Å². The summed E-state index contributed by atoms with van der Waals surface area (Å²) in [7, 11) is 1.52. The van der Waals surface area contributed by atoms with E-state index >= 15 is 0 Å². The molecular formula is C18H18ClN3O3S. The van der Waals surface area contributed by atoms with Gasteiger partial charge in [0.25, 0.3) is 5.56 Å². The minimum absolute atomic E-state index is 0.120. The maximum atomic E-state index is 12.6. The van der Waals surface area contributed by atoms with Crippen molar-refractivity contribution in [3.63, 3.8) is 0 Å². The topological polar surface area (TPSA) is 73.2 Å². The quantitative estimate of drug-likeness (QED) is 0.718. The molecule has 0 atom stereocenters. The summed E-state index contributed by atoms with van der Waals surface area (Å²) in [5.41, 5.74) is 1.32. The predicted octanol–water partition coefficient (Wildman–Crippen LogP) is 3.77. The number of hydrogen-bond acceptors (Lipinski definition) is 5. The Morgan fingerprint density at radius 1 is 1.38 bits per heavy atom. The van der Waals surface area contributed by atoms with Crippen molar-refractivity contribution in [1.29, 1.82) is 0 Å². The van der Waals surface area contributed by atoms with Crippen molar-refractivity contribution < 1.29 is 9.53 Å². The second-order valence-electron chi connectivity index (χ2n) is 5.85. The van der Waals surface area contributed by atoms with E-state index in [9.17, 15) is 9.59 Å². The monoisotopic (exact) mass is 391 g/mol. The van der Waals surface area contributed by atoms with Crippen LogP contribution in [0, 0.1) is 13.8 Å². The molecule has 0 spiro atoms. The number of hydrogen-bond donors (Lipinski definition) is 1. The molecule has 2 aromatic heterocycles. The third-order valence-corrected chi connectivity index (χ3v) is 5.52. The largest absolute Gasteiger partial charge is 0.495 e. The molecule has 1 amide bonds. The third kappa shape index (κ3) is 3.59. The second-order valence-corrected chi connectivity index (χ2v) is 7.49. The highest BCUT2D eigenvalue weighted by Gasteiger charge is 2.13. The van der Waals surface area contributed by atoms with Crippen molar-refractivity contribution >= 4 is 44.7 Å². The van der Waals surface area contributed by atoms with Gasteiger partial charge in [0.05, 0.1) is 24.5 Å². The van der Waals surface area contributed by atoms with Gasteiger partial charge in [0, 0.05) is 22.9 Å². The average molecular weight is 392 g/mol. The molecule has 6 nitrogen and oxygen atoms in total. The Bertz CT molecular complexity index is 1040. The summed E-state index contributed by atoms with van der Waals surface area (Å²) >= 11 is 7.47. The average Bonchev–Trinajstić information content (AvgIpc) is 2.89.